The van der Waals surface area contributed by atoms with Crippen molar-refractivity contribution in [3.63, 3.8) is 0 Å². The molecule has 0 bridgehead atoms. The summed E-state index contributed by atoms with van der Waals surface area (Å²) >= 11 is 0. The molecule has 0 spiro atoms. The van der Waals surface area contributed by atoms with Gasteiger partial charge in [0.2, 0.25) is 0 Å². The van der Waals surface area contributed by atoms with Crippen molar-refractivity contribution in [2.45, 2.75) is 18.1 Å². The standard InChI is InChI=1S/C7H6F5NO/c8-6(9,7(10,11)12)5(13)4-1-2-14-3-4/h1-3,5H,13H2/t5-/m0/s1. The summed E-state index contributed by atoms with van der Waals surface area (Å²) in [6.07, 6.45) is -3.93. The maximum Gasteiger partial charge on any atom is 0.455 e. The fraction of sp³-hybridized carbons (Fsp3) is 0.429. The van der Waals surface area contributed by atoms with E-state index < -0.39 is 23.7 Å². The molecule has 1 aromatic rings. The molecule has 0 aromatic carbocycles. The first kappa shape index (κ1) is 11.0. The molecule has 0 fully saturated rings. The molecular formula is C7H6F5NO. The monoisotopic (exact) mass is 215 g/mol. The highest BCUT2D eigenvalue weighted by atomic mass is 19.4. The average molecular weight is 215 g/mol. The number of furan rings is 1. The van der Waals surface area contributed by atoms with E-state index in [0.29, 0.717) is 0 Å². The van der Waals surface area contributed by atoms with Gasteiger partial charge < -0.3 is 10.2 Å². The Labute approximate surface area is 75.5 Å². The smallest absolute Gasteiger partial charge is 0.455 e. The fourth-order valence-corrected chi connectivity index (χ4v) is 0.838. The molecule has 1 atom stereocenters. The van der Waals surface area contributed by atoms with E-state index in [1.165, 1.54) is 0 Å². The average Bonchev–Trinajstić information content (AvgIpc) is 2.52. The quantitative estimate of drug-likeness (QED) is 0.769. The van der Waals surface area contributed by atoms with E-state index in [1.54, 1.807) is 0 Å². The van der Waals surface area contributed by atoms with Crippen LogP contribution in [0.5, 0.6) is 0 Å². The van der Waals surface area contributed by atoms with Gasteiger partial charge in [-0.25, -0.2) is 0 Å². The van der Waals surface area contributed by atoms with Gasteiger partial charge in [-0.3, -0.25) is 0 Å². The second-order valence-electron chi connectivity index (χ2n) is 2.66. The SMILES string of the molecule is N[C@@H](c1ccoc1)C(F)(F)C(F)(F)F. The third-order valence-electron chi connectivity index (χ3n) is 1.67. The molecule has 0 aliphatic carbocycles. The van der Waals surface area contributed by atoms with E-state index in [9.17, 15) is 22.0 Å². The van der Waals surface area contributed by atoms with Crippen molar-refractivity contribution >= 4 is 0 Å². The Morgan fingerprint density at radius 2 is 1.79 bits per heavy atom. The molecule has 0 saturated carbocycles. The third kappa shape index (κ3) is 1.72. The first-order valence-electron chi connectivity index (χ1n) is 3.49. The zero-order valence-electron chi connectivity index (χ0n) is 6.68. The van der Waals surface area contributed by atoms with E-state index in [0.717, 1.165) is 18.6 Å². The van der Waals surface area contributed by atoms with Crippen LogP contribution >= 0.6 is 0 Å². The second-order valence-corrected chi connectivity index (χ2v) is 2.66. The van der Waals surface area contributed by atoms with Crippen LogP contribution in [0.1, 0.15) is 11.6 Å². The van der Waals surface area contributed by atoms with Crippen molar-refractivity contribution in [3.8, 4) is 0 Å². The van der Waals surface area contributed by atoms with Crippen LogP contribution in [0.4, 0.5) is 22.0 Å². The van der Waals surface area contributed by atoms with Gasteiger partial charge in [0.15, 0.2) is 0 Å². The Kier molecular flexibility index (Phi) is 2.53. The van der Waals surface area contributed by atoms with Gasteiger partial charge in [-0.1, -0.05) is 0 Å². The molecule has 0 amide bonds. The summed E-state index contributed by atoms with van der Waals surface area (Å²) in [5.41, 5.74) is 4.38. The molecule has 1 rings (SSSR count). The first-order valence-corrected chi connectivity index (χ1v) is 3.49. The highest BCUT2D eigenvalue weighted by Gasteiger charge is 2.61. The molecule has 2 nitrogen and oxygen atoms in total. The van der Waals surface area contributed by atoms with Crippen molar-refractivity contribution in [2.75, 3.05) is 0 Å². The number of rotatable bonds is 2. The number of halogens is 5. The van der Waals surface area contributed by atoms with Crippen molar-refractivity contribution < 1.29 is 26.4 Å². The number of hydrogen-bond acceptors (Lipinski definition) is 2. The Morgan fingerprint density at radius 3 is 2.14 bits per heavy atom. The molecule has 0 saturated heterocycles. The van der Waals surface area contributed by atoms with Crippen molar-refractivity contribution in [1.29, 1.82) is 0 Å². The summed E-state index contributed by atoms with van der Waals surface area (Å²) in [5, 5.41) is 0. The number of nitrogens with two attached hydrogens (primary N) is 1. The Hall–Kier alpha value is -1.11. The minimum Gasteiger partial charge on any atom is -0.472 e. The molecule has 1 heterocycles. The predicted molar refractivity (Wildman–Crippen MR) is 36.6 cm³/mol. The van der Waals surface area contributed by atoms with Gasteiger partial charge in [-0.2, -0.15) is 22.0 Å². The lowest BCUT2D eigenvalue weighted by atomic mass is 10.0. The van der Waals surface area contributed by atoms with Crippen LogP contribution in [0.2, 0.25) is 0 Å². The normalized spacial score (nSPS) is 15.6. The number of alkyl halides is 5. The minimum atomic E-state index is -5.66. The summed E-state index contributed by atoms with van der Waals surface area (Å²) in [6.45, 7) is 0. The largest absolute Gasteiger partial charge is 0.472 e. The molecule has 0 aliphatic rings. The molecule has 1 aromatic heterocycles. The topological polar surface area (TPSA) is 39.2 Å². The van der Waals surface area contributed by atoms with E-state index in [2.05, 4.69) is 4.42 Å². The molecule has 14 heavy (non-hydrogen) atoms. The molecule has 0 aliphatic heterocycles. The lowest BCUT2D eigenvalue weighted by molar-refractivity contribution is -0.291. The lowest BCUT2D eigenvalue weighted by Crippen LogP contribution is -2.45. The summed E-state index contributed by atoms with van der Waals surface area (Å²) in [6, 6.07) is -1.48. The molecule has 80 valence electrons. The highest BCUT2D eigenvalue weighted by molar-refractivity contribution is 5.15. The van der Waals surface area contributed by atoms with Gasteiger partial charge in [0.05, 0.1) is 12.5 Å². The Bertz CT molecular complexity index is 292. The van der Waals surface area contributed by atoms with Crippen LogP contribution in [-0.4, -0.2) is 12.1 Å². The zero-order chi connectivity index (χ0) is 11.0. The molecular weight excluding hydrogens is 209 g/mol. The van der Waals surface area contributed by atoms with Crippen molar-refractivity contribution in [1.82, 2.24) is 0 Å². The van der Waals surface area contributed by atoms with Crippen LogP contribution in [0.25, 0.3) is 0 Å². The molecule has 0 unspecified atom stereocenters. The van der Waals surface area contributed by atoms with Crippen molar-refractivity contribution in [2.24, 2.45) is 5.73 Å². The predicted octanol–water partition coefficient (Wildman–Crippen LogP) is 2.48. The van der Waals surface area contributed by atoms with Crippen LogP contribution in [0, 0.1) is 0 Å². The fourth-order valence-electron chi connectivity index (χ4n) is 0.838. The summed E-state index contributed by atoms with van der Waals surface area (Å²) in [5.74, 6) is -4.96. The summed E-state index contributed by atoms with van der Waals surface area (Å²) in [7, 11) is 0. The minimum absolute atomic E-state index is 0.396. The first-order chi connectivity index (χ1) is 6.27. The van der Waals surface area contributed by atoms with Crippen LogP contribution in [0.3, 0.4) is 0 Å². The van der Waals surface area contributed by atoms with Crippen molar-refractivity contribution in [3.05, 3.63) is 24.2 Å². The van der Waals surface area contributed by atoms with Crippen LogP contribution in [0.15, 0.2) is 23.0 Å². The zero-order valence-corrected chi connectivity index (χ0v) is 6.68. The van der Waals surface area contributed by atoms with E-state index >= 15 is 0 Å². The summed E-state index contributed by atoms with van der Waals surface area (Å²) < 4.78 is 65.0. The maximum absolute atomic E-state index is 12.6. The molecule has 0 radical (unpaired) electrons. The van der Waals surface area contributed by atoms with E-state index in [4.69, 9.17) is 5.73 Å². The highest BCUT2D eigenvalue weighted by Crippen LogP contribution is 2.43. The Balaban J connectivity index is 2.94. The van der Waals surface area contributed by atoms with E-state index in [-0.39, 0.29) is 0 Å². The van der Waals surface area contributed by atoms with Gasteiger partial charge >= 0.3 is 12.1 Å². The van der Waals surface area contributed by atoms with Gasteiger partial charge in [0.1, 0.15) is 6.04 Å². The van der Waals surface area contributed by atoms with Crippen LogP contribution in [-0.2, 0) is 0 Å². The molecule has 2 N–H and O–H groups in total. The Morgan fingerprint density at radius 1 is 1.21 bits per heavy atom. The maximum atomic E-state index is 12.6. The van der Waals surface area contributed by atoms with Gasteiger partial charge in [0, 0.05) is 5.56 Å². The van der Waals surface area contributed by atoms with Gasteiger partial charge in [-0.05, 0) is 6.07 Å². The third-order valence-corrected chi connectivity index (χ3v) is 1.67. The molecule has 7 heteroatoms. The van der Waals surface area contributed by atoms with Gasteiger partial charge in [0.25, 0.3) is 0 Å². The second kappa shape index (κ2) is 3.23. The van der Waals surface area contributed by atoms with Crippen LogP contribution < -0.4 is 5.73 Å². The lowest BCUT2D eigenvalue weighted by Gasteiger charge is -2.24. The summed E-state index contributed by atoms with van der Waals surface area (Å²) in [4.78, 5) is 0. The van der Waals surface area contributed by atoms with E-state index in [1.807, 2.05) is 0 Å². The van der Waals surface area contributed by atoms with Gasteiger partial charge in [-0.15, -0.1) is 0 Å². The number of hydrogen-bond donors (Lipinski definition) is 1.